The van der Waals surface area contributed by atoms with Gasteiger partial charge in [0.15, 0.2) is 11.5 Å². The minimum atomic E-state index is -3.83. The summed E-state index contributed by atoms with van der Waals surface area (Å²) < 4.78 is 36.8. The molecule has 1 N–H and O–H groups in total. The number of likely N-dealkylation sites (N-methyl/N-ethyl adjacent to an activating group) is 1. The minimum Gasteiger partial charge on any atom is -0.493 e. The van der Waals surface area contributed by atoms with Gasteiger partial charge in [-0.2, -0.15) is 4.31 Å². The fourth-order valence-corrected chi connectivity index (χ4v) is 3.92. The summed E-state index contributed by atoms with van der Waals surface area (Å²) in [6.45, 7) is 2.26. The second-order valence-corrected chi connectivity index (χ2v) is 8.76. The fraction of sp³-hybridized carbons (Fsp3) is 0.381. The van der Waals surface area contributed by atoms with Gasteiger partial charge in [0, 0.05) is 19.7 Å². The maximum atomic E-state index is 12.7. The average molecular weight is 421 g/mol. The van der Waals surface area contributed by atoms with Crippen molar-refractivity contribution in [1.29, 1.82) is 0 Å². The van der Waals surface area contributed by atoms with E-state index in [1.165, 1.54) is 50.6 Å². The number of benzene rings is 2. The Bertz CT molecular complexity index is 927. The highest BCUT2D eigenvalue weighted by Crippen LogP contribution is 2.30. The molecule has 0 heterocycles. The molecule has 7 nitrogen and oxygen atoms in total. The largest absolute Gasteiger partial charge is 0.493 e. The number of sulfonamides is 1. The van der Waals surface area contributed by atoms with E-state index in [0.717, 1.165) is 17.1 Å². The van der Waals surface area contributed by atoms with Crippen LogP contribution in [0, 0.1) is 6.92 Å². The lowest BCUT2D eigenvalue weighted by molar-refractivity contribution is -0.121. The van der Waals surface area contributed by atoms with Crippen molar-refractivity contribution < 1.29 is 22.7 Å². The van der Waals surface area contributed by atoms with E-state index in [1.54, 1.807) is 0 Å². The minimum absolute atomic E-state index is 0.0322. The van der Waals surface area contributed by atoms with Crippen LogP contribution in [-0.4, -0.2) is 53.0 Å². The van der Waals surface area contributed by atoms with E-state index in [2.05, 4.69) is 29.6 Å². The quantitative estimate of drug-likeness (QED) is 0.597. The number of nitrogens with one attached hydrogen (secondary N) is 1. The van der Waals surface area contributed by atoms with Gasteiger partial charge in [0.2, 0.25) is 15.9 Å². The molecule has 1 amide bonds. The second kappa shape index (κ2) is 10.3. The van der Waals surface area contributed by atoms with Crippen LogP contribution in [0.15, 0.2) is 47.4 Å². The number of nitrogens with zero attached hydrogens (tertiary/aromatic N) is 1. The second-order valence-electron chi connectivity index (χ2n) is 6.72. The van der Waals surface area contributed by atoms with Crippen LogP contribution in [0.1, 0.15) is 17.5 Å². The highest BCUT2D eigenvalue weighted by molar-refractivity contribution is 7.89. The van der Waals surface area contributed by atoms with Crippen LogP contribution in [0.3, 0.4) is 0 Å². The highest BCUT2D eigenvalue weighted by Gasteiger charge is 2.24. The van der Waals surface area contributed by atoms with Gasteiger partial charge < -0.3 is 14.8 Å². The summed E-state index contributed by atoms with van der Waals surface area (Å²) in [6, 6.07) is 12.6. The molecule has 0 fully saturated rings. The molecule has 0 saturated heterocycles. The number of methoxy groups -OCH3 is 2. The molecule has 0 unspecified atom stereocenters. The topological polar surface area (TPSA) is 84.9 Å². The lowest BCUT2D eigenvalue weighted by Crippen LogP contribution is -2.38. The van der Waals surface area contributed by atoms with Crippen LogP contribution in [0.2, 0.25) is 0 Å². The molecule has 0 aliphatic rings. The normalized spacial score (nSPS) is 11.3. The van der Waals surface area contributed by atoms with Crippen molar-refractivity contribution in [2.45, 2.75) is 24.7 Å². The van der Waals surface area contributed by atoms with E-state index in [9.17, 15) is 13.2 Å². The maximum absolute atomic E-state index is 12.7. The number of carbonyl (C=O) groups excluding carboxylic acids is 1. The molecule has 0 saturated carbocycles. The number of ether oxygens (including phenoxy) is 2. The van der Waals surface area contributed by atoms with Crippen LogP contribution in [-0.2, 0) is 21.2 Å². The number of carbonyl (C=O) groups is 1. The van der Waals surface area contributed by atoms with E-state index in [4.69, 9.17) is 9.47 Å². The Kier molecular flexibility index (Phi) is 8.04. The summed E-state index contributed by atoms with van der Waals surface area (Å²) >= 11 is 0. The maximum Gasteiger partial charge on any atom is 0.243 e. The van der Waals surface area contributed by atoms with E-state index in [1.807, 2.05) is 6.92 Å². The molecule has 0 radical (unpaired) electrons. The summed E-state index contributed by atoms with van der Waals surface area (Å²) in [5.41, 5.74) is 2.42. The predicted molar refractivity (Wildman–Crippen MR) is 112 cm³/mol. The van der Waals surface area contributed by atoms with Gasteiger partial charge in [-0.05, 0) is 37.5 Å². The van der Waals surface area contributed by atoms with Crippen LogP contribution in [0.5, 0.6) is 11.5 Å². The summed E-state index contributed by atoms with van der Waals surface area (Å²) in [7, 11) is 0.447. The number of rotatable bonds is 10. The van der Waals surface area contributed by atoms with E-state index in [-0.39, 0.29) is 17.3 Å². The number of hydrogen-bond donors (Lipinski definition) is 1. The zero-order chi connectivity index (χ0) is 21.4. The Morgan fingerprint density at radius 1 is 1.03 bits per heavy atom. The standard InChI is InChI=1S/C21H28N2O5S/c1-16-7-9-17(10-8-16)6-5-13-22-21(24)15-23(2)29(25,26)18-11-12-19(27-3)20(14-18)28-4/h7-12,14H,5-6,13,15H2,1-4H3,(H,22,24). The first-order chi connectivity index (χ1) is 13.8. The van der Waals surface area contributed by atoms with Crippen molar-refractivity contribution in [2.75, 3.05) is 34.4 Å². The van der Waals surface area contributed by atoms with Gasteiger partial charge in [0.25, 0.3) is 0 Å². The molecule has 8 heteroatoms. The molecule has 158 valence electrons. The summed E-state index contributed by atoms with van der Waals surface area (Å²) in [6.07, 6.45) is 1.63. The van der Waals surface area contributed by atoms with Gasteiger partial charge in [0.1, 0.15) is 0 Å². The van der Waals surface area contributed by atoms with Crippen LogP contribution in [0.25, 0.3) is 0 Å². The molecule has 0 aromatic heterocycles. The Morgan fingerprint density at radius 2 is 1.69 bits per heavy atom. The lowest BCUT2D eigenvalue weighted by atomic mass is 10.1. The smallest absolute Gasteiger partial charge is 0.243 e. The van der Waals surface area contributed by atoms with Gasteiger partial charge in [-0.3, -0.25) is 4.79 Å². The fourth-order valence-electron chi connectivity index (χ4n) is 2.78. The molecule has 0 aliphatic carbocycles. The number of aryl methyl sites for hydroxylation is 2. The van der Waals surface area contributed by atoms with Gasteiger partial charge in [-0.1, -0.05) is 29.8 Å². The molecule has 0 atom stereocenters. The molecule has 2 aromatic carbocycles. The van der Waals surface area contributed by atoms with Crippen LogP contribution in [0.4, 0.5) is 0 Å². The van der Waals surface area contributed by atoms with Crippen molar-refractivity contribution in [1.82, 2.24) is 9.62 Å². The van der Waals surface area contributed by atoms with Gasteiger partial charge >= 0.3 is 0 Å². The first kappa shape index (κ1) is 22.7. The number of amides is 1. The summed E-state index contributed by atoms with van der Waals surface area (Å²) in [5.74, 6) is 0.392. The van der Waals surface area contributed by atoms with E-state index >= 15 is 0 Å². The molecule has 0 aliphatic heterocycles. The Labute approximate surface area is 172 Å². The van der Waals surface area contributed by atoms with Gasteiger partial charge in [-0.25, -0.2) is 8.42 Å². The molecular weight excluding hydrogens is 392 g/mol. The Morgan fingerprint density at radius 3 is 2.31 bits per heavy atom. The van der Waals surface area contributed by atoms with Gasteiger partial charge in [0.05, 0.1) is 25.7 Å². The van der Waals surface area contributed by atoms with Crippen molar-refractivity contribution in [3.63, 3.8) is 0 Å². The molecule has 29 heavy (non-hydrogen) atoms. The SMILES string of the molecule is COc1ccc(S(=O)(=O)N(C)CC(=O)NCCCc2ccc(C)cc2)cc1OC. The van der Waals surface area contributed by atoms with Crippen LogP contribution < -0.4 is 14.8 Å². The monoisotopic (exact) mass is 420 g/mol. The summed E-state index contributed by atoms with van der Waals surface area (Å²) in [5, 5.41) is 2.77. The predicted octanol–water partition coefficient (Wildman–Crippen LogP) is 2.38. The lowest BCUT2D eigenvalue weighted by Gasteiger charge is -2.18. The highest BCUT2D eigenvalue weighted by atomic mass is 32.2. The first-order valence-electron chi connectivity index (χ1n) is 9.28. The van der Waals surface area contributed by atoms with Crippen molar-refractivity contribution in [3.8, 4) is 11.5 Å². The van der Waals surface area contributed by atoms with E-state index in [0.29, 0.717) is 18.0 Å². The molecule has 0 bridgehead atoms. The van der Waals surface area contributed by atoms with Crippen molar-refractivity contribution in [3.05, 3.63) is 53.6 Å². The molecule has 2 aromatic rings. The third kappa shape index (κ3) is 6.20. The van der Waals surface area contributed by atoms with Crippen molar-refractivity contribution >= 4 is 15.9 Å². The van der Waals surface area contributed by atoms with Crippen LogP contribution >= 0.6 is 0 Å². The number of hydrogen-bond acceptors (Lipinski definition) is 5. The first-order valence-corrected chi connectivity index (χ1v) is 10.7. The van der Waals surface area contributed by atoms with Crippen molar-refractivity contribution in [2.24, 2.45) is 0 Å². The third-order valence-electron chi connectivity index (χ3n) is 4.51. The molecule has 2 rings (SSSR count). The average Bonchev–Trinajstić information content (AvgIpc) is 2.71. The van der Waals surface area contributed by atoms with E-state index < -0.39 is 10.0 Å². The molecular formula is C21H28N2O5S. The zero-order valence-corrected chi connectivity index (χ0v) is 18.1. The third-order valence-corrected chi connectivity index (χ3v) is 6.31. The zero-order valence-electron chi connectivity index (χ0n) is 17.3. The Balaban J connectivity index is 1.88. The Hall–Kier alpha value is -2.58. The van der Waals surface area contributed by atoms with Gasteiger partial charge in [-0.15, -0.1) is 0 Å². The molecule has 0 spiro atoms. The summed E-state index contributed by atoms with van der Waals surface area (Å²) in [4.78, 5) is 12.2.